The third kappa shape index (κ3) is 3.07. The quantitative estimate of drug-likeness (QED) is 0.451. The maximum absolute atomic E-state index is 12.7. The van der Waals surface area contributed by atoms with E-state index in [9.17, 15) is 4.79 Å². The zero-order valence-electron chi connectivity index (χ0n) is 16.3. The van der Waals surface area contributed by atoms with Gasteiger partial charge < -0.3 is 4.74 Å². The van der Waals surface area contributed by atoms with Crippen molar-refractivity contribution < 1.29 is 4.74 Å². The van der Waals surface area contributed by atoms with Gasteiger partial charge in [-0.3, -0.25) is 4.79 Å². The normalized spacial score (nSPS) is 12.0. The van der Waals surface area contributed by atoms with E-state index >= 15 is 0 Å². The fraction of sp³-hybridized carbons (Fsp3) is 0.0909. The minimum Gasteiger partial charge on any atom is -0.496 e. The molecule has 5 rings (SSSR count). The third-order valence-electron chi connectivity index (χ3n) is 4.84. The van der Waals surface area contributed by atoms with Crippen LogP contribution in [0.15, 0.2) is 65.8 Å². The minimum atomic E-state index is -0.183. The van der Waals surface area contributed by atoms with E-state index < -0.39 is 0 Å². The molecule has 0 aliphatic heterocycles. The molecule has 5 aromatic rings. The first-order valence-corrected chi connectivity index (χ1v) is 10.1. The maximum atomic E-state index is 12.7. The minimum absolute atomic E-state index is 0.183. The molecule has 3 aromatic heterocycles. The number of hydrogen-bond donors (Lipinski definition) is 0. The average molecular weight is 415 g/mol. The van der Waals surface area contributed by atoms with E-state index in [4.69, 9.17) is 9.84 Å². The molecule has 0 bridgehead atoms. The van der Waals surface area contributed by atoms with Crippen LogP contribution in [0.2, 0.25) is 0 Å². The second-order valence-corrected chi connectivity index (χ2v) is 7.78. The van der Waals surface area contributed by atoms with Crippen molar-refractivity contribution in [1.29, 1.82) is 0 Å². The van der Waals surface area contributed by atoms with Crippen LogP contribution in [-0.2, 0) is 0 Å². The predicted molar refractivity (Wildman–Crippen MR) is 116 cm³/mol. The lowest BCUT2D eigenvalue weighted by molar-refractivity contribution is 0.412. The van der Waals surface area contributed by atoms with Crippen LogP contribution in [0.5, 0.6) is 5.75 Å². The Bertz CT molecular complexity index is 1470. The number of thiazole rings is 1. The van der Waals surface area contributed by atoms with Crippen molar-refractivity contribution >= 4 is 22.4 Å². The van der Waals surface area contributed by atoms with Gasteiger partial charge in [-0.05, 0) is 48.9 Å². The van der Waals surface area contributed by atoms with Gasteiger partial charge in [-0.1, -0.05) is 29.5 Å². The number of aromatic nitrogens is 5. The number of rotatable bonds is 4. The molecule has 0 aliphatic carbocycles. The van der Waals surface area contributed by atoms with E-state index in [0.717, 1.165) is 33.8 Å². The molecule has 7 nitrogen and oxygen atoms in total. The molecule has 0 spiro atoms. The Morgan fingerprint density at radius 1 is 1.13 bits per heavy atom. The van der Waals surface area contributed by atoms with Gasteiger partial charge in [-0.2, -0.15) is 14.7 Å². The summed E-state index contributed by atoms with van der Waals surface area (Å²) in [6, 6.07) is 15.8. The number of fused-ring (bicyclic) bond motifs is 1. The van der Waals surface area contributed by atoms with E-state index in [-0.39, 0.29) is 5.56 Å². The maximum Gasteiger partial charge on any atom is 0.291 e. The zero-order chi connectivity index (χ0) is 20.7. The molecule has 3 heterocycles. The summed E-state index contributed by atoms with van der Waals surface area (Å²) in [6.45, 7) is 2.00. The SMILES string of the molecule is COc1ccc(-c2nn(-c3ccccc3)cc2/C=c2\sc3ncnn3c2=O)cc1C. The Kier molecular flexibility index (Phi) is 4.40. The number of nitrogens with zero attached hydrogens (tertiary/aromatic N) is 5. The molecule has 2 aromatic carbocycles. The summed E-state index contributed by atoms with van der Waals surface area (Å²) >= 11 is 1.31. The summed E-state index contributed by atoms with van der Waals surface area (Å²) in [5.41, 5.74) is 4.33. The van der Waals surface area contributed by atoms with Gasteiger partial charge in [-0.15, -0.1) is 0 Å². The molecular formula is C22H17N5O2S. The summed E-state index contributed by atoms with van der Waals surface area (Å²) in [7, 11) is 1.66. The van der Waals surface area contributed by atoms with Gasteiger partial charge in [0.05, 0.1) is 17.3 Å². The van der Waals surface area contributed by atoms with Gasteiger partial charge >= 0.3 is 0 Å². The molecule has 0 amide bonds. The molecule has 0 saturated heterocycles. The predicted octanol–water partition coefficient (Wildman–Crippen LogP) is 2.87. The third-order valence-corrected chi connectivity index (χ3v) is 5.81. The van der Waals surface area contributed by atoms with E-state index in [1.807, 2.05) is 72.4 Å². The van der Waals surface area contributed by atoms with Crippen molar-refractivity contribution in [3.8, 4) is 22.7 Å². The number of benzene rings is 2. The molecule has 0 N–H and O–H groups in total. The monoisotopic (exact) mass is 415 g/mol. The molecule has 0 unspecified atom stereocenters. The van der Waals surface area contributed by atoms with Gasteiger partial charge in [0.1, 0.15) is 17.8 Å². The average Bonchev–Trinajstić information content (AvgIpc) is 3.46. The van der Waals surface area contributed by atoms with Crippen LogP contribution in [0.3, 0.4) is 0 Å². The molecular weight excluding hydrogens is 398 g/mol. The lowest BCUT2D eigenvalue weighted by atomic mass is 10.0. The summed E-state index contributed by atoms with van der Waals surface area (Å²) < 4.78 is 9.08. The molecule has 8 heteroatoms. The highest BCUT2D eigenvalue weighted by Gasteiger charge is 2.14. The number of aryl methyl sites for hydroxylation is 1. The number of hydrogen-bond acceptors (Lipinski definition) is 6. The second-order valence-electron chi connectivity index (χ2n) is 6.77. The first kappa shape index (κ1) is 18.3. The van der Waals surface area contributed by atoms with Crippen molar-refractivity contribution in [2.75, 3.05) is 7.11 Å². The van der Waals surface area contributed by atoms with Crippen molar-refractivity contribution in [1.82, 2.24) is 24.4 Å². The Morgan fingerprint density at radius 2 is 1.97 bits per heavy atom. The number of methoxy groups -OCH3 is 1. The molecule has 0 saturated carbocycles. The Morgan fingerprint density at radius 3 is 2.70 bits per heavy atom. The summed E-state index contributed by atoms with van der Waals surface area (Å²) in [5.74, 6) is 0.819. The highest BCUT2D eigenvalue weighted by atomic mass is 32.1. The Balaban J connectivity index is 1.72. The zero-order valence-corrected chi connectivity index (χ0v) is 17.1. The largest absolute Gasteiger partial charge is 0.496 e. The van der Waals surface area contributed by atoms with Gasteiger partial charge in [0, 0.05) is 17.3 Å². The first-order chi connectivity index (χ1) is 14.6. The van der Waals surface area contributed by atoms with Crippen molar-refractivity contribution in [3.63, 3.8) is 0 Å². The Hall–Kier alpha value is -3.78. The van der Waals surface area contributed by atoms with Crippen LogP contribution in [0.1, 0.15) is 11.1 Å². The van der Waals surface area contributed by atoms with Gasteiger partial charge in [-0.25, -0.2) is 9.67 Å². The smallest absolute Gasteiger partial charge is 0.291 e. The second kappa shape index (κ2) is 7.23. The highest BCUT2D eigenvalue weighted by molar-refractivity contribution is 7.15. The van der Waals surface area contributed by atoms with Crippen LogP contribution < -0.4 is 14.8 Å². The van der Waals surface area contributed by atoms with Gasteiger partial charge in [0.2, 0.25) is 4.96 Å². The fourth-order valence-corrected chi connectivity index (χ4v) is 4.25. The fourth-order valence-electron chi connectivity index (χ4n) is 3.37. The van der Waals surface area contributed by atoms with E-state index in [0.29, 0.717) is 9.49 Å². The summed E-state index contributed by atoms with van der Waals surface area (Å²) in [6.07, 6.45) is 5.17. The molecule has 30 heavy (non-hydrogen) atoms. The van der Waals surface area contributed by atoms with Crippen LogP contribution >= 0.6 is 11.3 Å². The van der Waals surface area contributed by atoms with E-state index in [1.165, 1.54) is 22.2 Å². The molecule has 148 valence electrons. The molecule has 0 fully saturated rings. The Labute approximate surface area is 175 Å². The van der Waals surface area contributed by atoms with Crippen LogP contribution in [0.25, 0.3) is 28.0 Å². The van der Waals surface area contributed by atoms with Crippen LogP contribution in [0, 0.1) is 6.92 Å². The lowest BCUT2D eigenvalue weighted by Crippen LogP contribution is -2.23. The van der Waals surface area contributed by atoms with E-state index in [2.05, 4.69) is 10.1 Å². The summed E-state index contributed by atoms with van der Waals surface area (Å²) in [5, 5.41) is 8.82. The van der Waals surface area contributed by atoms with Crippen LogP contribution in [0.4, 0.5) is 0 Å². The van der Waals surface area contributed by atoms with E-state index in [1.54, 1.807) is 7.11 Å². The number of ether oxygens (including phenoxy) is 1. The lowest BCUT2D eigenvalue weighted by Gasteiger charge is -2.06. The molecule has 0 radical (unpaired) electrons. The van der Waals surface area contributed by atoms with Crippen LogP contribution in [-0.4, -0.2) is 31.5 Å². The van der Waals surface area contributed by atoms with Gasteiger partial charge in [0.25, 0.3) is 5.56 Å². The first-order valence-electron chi connectivity index (χ1n) is 9.28. The molecule has 0 aliphatic rings. The highest BCUT2D eigenvalue weighted by Crippen LogP contribution is 2.28. The standard InChI is InChI=1S/C22H17N5O2S/c1-14-10-15(8-9-18(14)29-2)20-16(12-26(25-20)17-6-4-3-5-7-17)11-19-21(28)27-22(30-19)23-13-24-27/h3-13H,1-2H3/b19-11-. The topological polar surface area (TPSA) is 74.3 Å². The summed E-state index contributed by atoms with van der Waals surface area (Å²) in [4.78, 5) is 17.3. The van der Waals surface area contributed by atoms with Crippen molar-refractivity contribution in [3.05, 3.63) is 87.1 Å². The number of para-hydroxylation sites is 1. The van der Waals surface area contributed by atoms with Gasteiger partial charge in [0.15, 0.2) is 0 Å². The van der Waals surface area contributed by atoms with Crippen molar-refractivity contribution in [2.45, 2.75) is 6.92 Å². The molecule has 0 atom stereocenters. The van der Waals surface area contributed by atoms with Crippen molar-refractivity contribution in [2.24, 2.45) is 0 Å².